The molecule has 1 amide bonds. The van der Waals surface area contributed by atoms with Crippen molar-refractivity contribution < 1.29 is 23.8 Å². The maximum atomic E-state index is 12.8. The largest absolute Gasteiger partial charge is 0.497 e. The average Bonchev–Trinajstić information content (AvgIpc) is 3.40. The Morgan fingerprint density at radius 3 is 2.59 bits per heavy atom. The summed E-state index contributed by atoms with van der Waals surface area (Å²) in [7, 11) is 3.21. The van der Waals surface area contributed by atoms with Crippen LogP contribution < -0.4 is 10.1 Å². The number of ether oxygens (including phenoxy) is 3. The molecule has 1 aromatic carbocycles. The number of methoxy groups -OCH3 is 2. The van der Waals surface area contributed by atoms with E-state index < -0.39 is 5.97 Å². The Labute approximate surface area is 191 Å². The number of rotatable bonds is 10. The summed E-state index contributed by atoms with van der Waals surface area (Å²) in [5, 5.41) is 4.95. The predicted molar refractivity (Wildman–Crippen MR) is 123 cm³/mol. The molecule has 0 aliphatic heterocycles. The highest BCUT2D eigenvalue weighted by molar-refractivity contribution is 7.11. The predicted octanol–water partition coefficient (Wildman–Crippen LogP) is 3.53. The van der Waals surface area contributed by atoms with Gasteiger partial charge in [-0.15, -0.1) is 11.3 Å². The zero-order chi connectivity index (χ0) is 23.1. The fourth-order valence-corrected chi connectivity index (χ4v) is 3.95. The Morgan fingerprint density at radius 1 is 1.19 bits per heavy atom. The third kappa shape index (κ3) is 5.35. The molecule has 32 heavy (non-hydrogen) atoms. The third-order valence-corrected chi connectivity index (χ3v) is 5.74. The van der Waals surface area contributed by atoms with Gasteiger partial charge in [-0.1, -0.05) is 12.1 Å². The first-order valence-corrected chi connectivity index (χ1v) is 11.1. The second-order valence-corrected chi connectivity index (χ2v) is 7.83. The molecule has 0 fully saturated rings. The van der Waals surface area contributed by atoms with Gasteiger partial charge in [-0.3, -0.25) is 4.79 Å². The second kappa shape index (κ2) is 10.9. The van der Waals surface area contributed by atoms with Crippen molar-refractivity contribution in [3.05, 3.63) is 57.5 Å². The van der Waals surface area contributed by atoms with Gasteiger partial charge in [-0.25, -0.2) is 9.78 Å². The van der Waals surface area contributed by atoms with E-state index in [0.29, 0.717) is 31.0 Å². The van der Waals surface area contributed by atoms with Crippen LogP contribution in [0.4, 0.5) is 0 Å². The molecule has 8 nitrogen and oxygen atoms in total. The highest BCUT2D eigenvalue weighted by atomic mass is 32.1. The number of hydrogen-bond donors (Lipinski definition) is 1. The number of amides is 1. The molecular weight excluding hydrogens is 430 g/mol. The van der Waals surface area contributed by atoms with E-state index in [9.17, 15) is 9.59 Å². The van der Waals surface area contributed by atoms with Crippen molar-refractivity contribution in [2.45, 2.75) is 20.4 Å². The summed E-state index contributed by atoms with van der Waals surface area (Å²) in [6.45, 7) is 5.31. The van der Waals surface area contributed by atoms with Crippen LogP contribution in [0.15, 0.2) is 35.7 Å². The smallest absolute Gasteiger partial charge is 0.367 e. The summed E-state index contributed by atoms with van der Waals surface area (Å²) in [6, 6.07) is 9.56. The van der Waals surface area contributed by atoms with Gasteiger partial charge in [0.05, 0.1) is 37.3 Å². The van der Waals surface area contributed by atoms with Crippen LogP contribution >= 0.6 is 11.3 Å². The van der Waals surface area contributed by atoms with Gasteiger partial charge < -0.3 is 24.1 Å². The molecule has 0 aliphatic carbocycles. The summed E-state index contributed by atoms with van der Waals surface area (Å²) >= 11 is 1.22. The summed E-state index contributed by atoms with van der Waals surface area (Å²) in [6.07, 6.45) is 0. The van der Waals surface area contributed by atoms with Crippen LogP contribution in [0.5, 0.6) is 5.75 Å². The van der Waals surface area contributed by atoms with Crippen molar-refractivity contribution in [1.29, 1.82) is 0 Å². The molecule has 1 N–H and O–H groups in total. The van der Waals surface area contributed by atoms with Gasteiger partial charge in [0.2, 0.25) is 5.01 Å². The topological polar surface area (TPSA) is 91.7 Å². The van der Waals surface area contributed by atoms with Crippen LogP contribution in [0.2, 0.25) is 0 Å². The lowest BCUT2D eigenvalue weighted by atomic mass is 10.2. The van der Waals surface area contributed by atoms with Gasteiger partial charge in [0.15, 0.2) is 0 Å². The van der Waals surface area contributed by atoms with E-state index in [1.807, 2.05) is 41.8 Å². The number of nitrogens with one attached hydrogen (secondary N) is 1. The first-order chi connectivity index (χ1) is 15.5. The molecule has 0 spiro atoms. The number of nitrogens with zero attached hydrogens (tertiary/aromatic N) is 2. The standard InChI is InChI=1S/C23H27N3O5S/c1-5-31-23(28)22-25-19(14-32-22)20-12-18(21(27)24-10-11-29-3)15(2)26(20)13-16-6-8-17(30-4)9-7-16/h6-9,12,14H,5,10-11,13H2,1-4H3,(H,24,27). The Morgan fingerprint density at radius 2 is 1.94 bits per heavy atom. The minimum atomic E-state index is -0.453. The van der Waals surface area contributed by atoms with Crippen LogP contribution in [0.25, 0.3) is 11.4 Å². The van der Waals surface area contributed by atoms with Gasteiger partial charge in [-0.05, 0) is 37.6 Å². The molecule has 0 radical (unpaired) electrons. The number of benzene rings is 1. The minimum absolute atomic E-state index is 0.185. The van der Waals surface area contributed by atoms with Crippen molar-refractivity contribution in [2.24, 2.45) is 0 Å². The van der Waals surface area contributed by atoms with Crippen LogP contribution in [-0.2, 0) is 16.0 Å². The molecule has 0 bridgehead atoms. The van der Waals surface area contributed by atoms with Crippen LogP contribution in [0, 0.1) is 6.92 Å². The van der Waals surface area contributed by atoms with E-state index >= 15 is 0 Å². The quantitative estimate of drug-likeness (QED) is 0.370. The second-order valence-electron chi connectivity index (χ2n) is 6.97. The third-order valence-electron chi connectivity index (χ3n) is 4.92. The van der Waals surface area contributed by atoms with E-state index in [1.54, 1.807) is 26.5 Å². The normalized spacial score (nSPS) is 10.8. The number of carbonyl (C=O) groups excluding carboxylic acids is 2. The Bertz CT molecular complexity index is 1070. The molecular formula is C23H27N3O5S. The number of thiazole rings is 1. The first-order valence-electron chi connectivity index (χ1n) is 10.2. The number of aromatic nitrogens is 2. The van der Waals surface area contributed by atoms with E-state index in [0.717, 1.165) is 22.7 Å². The van der Waals surface area contributed by atoms with Gasteiger partial charge in [0.25, 0.3) is 5.91 Å². The highest BCUT2D eigenvalue weighted by Crippen LogP contribution is 2.29. The summed E-state index contributed by atoms with van der Waals surface area (Å²) in [5.41, 5.74) is 3.76. The number of carbonyl (C=O) groups is 2. The Hall–Kier alpha value is -3.17. The van der Waals surface area contributed by atoms with Gasteiger partial charge in [0, 0.05) is 31.3 Å². The van der Waals surface area contributed by atoms with Crippen LogP contribution in [0.3, 0.4) is 0 Å². The number of hydrogen-bond acceptors (Lipinski definition) is 7. The van der Waals surface area contributed by atoms with E-state index in [1.165, 1.54) is 11.3 Å². The molecule has 0 saturated carbocycles. The molecule has 2 aromatic heterocycles. The fourth-order valence-electron chi connectivity index (χ4n) is 3.24. The summed E-state index contributed by atoms with van der Waals surface area (Å²) in [5.74, 6) is 0.136. The SMILES string of the molecule is CCOC(=O)c1nc(-c2cc(C(=O)NCCOC)c(C)n2Cc2ccc(OC)cc2)cs1. The maximum Gasteiger partial charge on any atom is 0.367 e. The monoisotopic (exact) mass is 457 g/mol. The lowest BCUT2D eigenvalue weighted by Crippen LogP contribution is -2.27. The summed E-state index contributed by atoms with van der Waals surface area (Å²) in [4.78, 5) is 29.3. The van der Waals surface area contributed by atoms with Crippen molar-refractivity contribution in [2.75, 3.05) is 34.0 Å². The highest BCUT2D eigenvalue weighted by Gasteiger charge is 2.21. The van der Waals surface area contributed by atoms with E-state index in [4.69, 9.17) is 14.2 Å². The average molecular weight is 458 g/mol. The zero-order valence-electron chi connectivity index (χ0n) is 18.6. The van der Waals surface area contributed by atoms with E-state index in [-0.39, 0.29) is 17.5 Å². The molecule has 3 aromatic rings. The molecule has 0 saturated heterocycles. The van der Waals surface area contributed by atoms with Gasteiger partial charge in [-0.2, -0.15) is 0 Å². The van der Waals surface area contributed by atoms with Crippen molar-refractivity contribution in [3.8, 4) is 17.1 Å². The van der Waals surface area contributed by atoms with Crippen LogP contribution in [-0.4, -0.2) is 55.4 Å². The van der Waals surface area contributed by atoms with Crippen molar-refractivity contribution in [1.82, 2.24) is 14.9 Å². The molecule has 2 heterocycles. The number of esters is 1. The first kappa shape index (κ1) is 23.5. The van der Waals surface area contributed by atoms with Gasteiger partial charge >= 0.3 is 5.97 Å². The maximum absolute atomic E-state index is 12.8. The van der Waals surface area contributed by atoms with E-state index in [2.05, 4.69) is 10.3 Å². The molecule has 170 valence electrons. The Balaban J connectivity index is 1.98. The Kier molecular flexibility index (Phi) is 8.02. The lowest BCUT2D eigenvalue weighted by Gasteiger charge is -2.12. The molecule has 9 heteroatoms. The minimum Gasteiger partial charge on any atom is -0.497 e. The zero-order valence-corrected chi connectivity index (χ0v) is 19.5. The van der Waals surface area contributed by atoms with Crippen molar-refractivity contribution in [3.63, 3.8) is 0 Å². The fraction of sp³-hybridized carbons (Fsp3) is 0.348. The summed E-state index contributed by atoms with van der Waals surface area (Å²) < 4.78 is 17.3. The van der Waals surface area contributed by atoms with Gasteiger partial charge in [0.1, 0.15) is 5.75 Å². The molecule has 0 aliphatic rings. The van der Waals surface area contributed by atoms with Crippen molar-refractivity contribution >= 4 is 23.2 Å². The molecule has 0 atom stereocenters. The molecule has 3 rings (SSSR count). The van der Waals surface area contributed by atoms with Crippen LogP contribution in [0.1, 0.15) is 38.3 Å². The molecule has 0 unspecified atom stereocenters. The lowest BCUT2D eigenvalue weighted by molar-refractivity contribution is 0.0526.